The molecule has 1 saturated heterocycles. The van der Waals surface area contributed by atoms with Crippen LogP contribution in [0.3, 0.4) is 0 Å². The molecule has 2 heterocycles. The van der Waals surface area contributed by atoms with E-state index in [0.29, 0.717) is 5.02 Å². The number of carbonyl (C=O) groups is 2. The summed E-state index contributed by atoms with van der Waals surface area (Å²) in [6.07, 6.45) is 0.804. The number of benzene rings is 1. The molecule has 0 aromatic heterocycles. The lowest BCUT2D eigenvalue weighted by molar-refractivity contribution is -0.139. The number of hydrogen-bond donors (Lipinski definition) is 0. The molecular weight excluding hydrogens is 316 g/mol. The molecule has 2 saturated carbocycles. The Morgan fingerprint density at radius 3 is 2.43 bits per heavy atom. The van der Waals surface area contributed by atoms with Crippen LogP contribution >= 0.6 is 11.6 Å². The van der Waals surface area contributed by atoms with E-state index in [-0.39, 0.29) is 47.5 Å². The van der Waals surface area contributed by atoms with Crippen LogP contribution in [0.1, 0.15) is 12.0 Å². The summed E-state index contributed by atoms with van der Waals surface area (Å²) in [5.74, 6) is -0.136. The van der Waals surface area contributed by atoms with Crippen molar-refractivity contribution in [1.82, 2.24) is 4.90 Å². The highest BCUT2D eigenvalue weighted by molar-refractivity contribution is 6.30. The Morgan fingerprint density at radius 1 is 1.09 bits per heavy atom. The molecule has 0 N–H and O–H groups in total. The van der Waals surface area contributed by atoms with Crippen molar-refractivity contribution < 1.29 is 14.4 Å². The highest BCUT2D eigenvalue weighted by Crippen LogP contribution is 2.61. The van der Waals surface area contributed by atoms with Crippen LogP contribution in [0, 0.1) is 29.6 Å². The van der Waals surface area contributed by atoms with E-state index in [9.17, 15) is 9.59 Å². The number of amides is 2. The first-order valence-electron chi connectivity index (χ1n) is 7.89. The van der Waals surface area contributed by atoms with Crippen molar-refractivity contribution in [3.8, 4) is 0 Å². The molecular formula is C17H15ClN2O3. The van der Waals surface area contributed by atoms with Crippen LogP contribution in [-0.4, -0.2) is 35.6 Å². The first kappa shape index (κ1) is 13.5. The molecule has 6 heteroatoms. The fourth-order valence-corrected chi connectivity index (χ4v) is 5.26. The molecule has 2 bridgehead atoms. The Labute approximate surface area is 138 Å². The zero-order valence-electron chi connectivity index (χ0n) is 12.5. The third kappa shape index (κ3) is 1.56. The van der Waals surface area contributed by atoms with Crippen molar-refractivity contribution in [3.63, 3.8) is 0 Å². The third-order valence-electron chi connectivity index (χ3n) is 6.05. The maximum absolute atomic E-state index is 12.5. The minimum Gasteiger partial charge on any atom is -0.391 e. The highest BCUT2D eigenvalue weighted by Gasteiger charge is 2.69. The van der Waals surface area contributed by atoms with Gasteiger partial charge in [-0.3, -0.25) is 14.5 Å². The molecule has 5 rings (SSSR count). The van der Waals surface area contributed by atoms with Gasteiger partial charge in [0.15, 0.2) is 0 Å². The molecule has 1 aromatic rings. The van der Waals surface area contributed by atoms with Gasteiger partial charge < -0.3 is 4.84 Å². The Bertz CT molecular complexity index is 760. The topological polar surface area (TPSA) is 59.0 Å². The molecule has 5 nitrogen and oxygen atoms in total. The summed E-state index contributed by atoms with van der Waals surface area (Å²) in [4.78, 5) is 31.8. The lowest BCUT2D eigenvalue weighted by Gasteiger charge is -2.29. The Hall–Kier alpha value is -1.88. The molecule has 1 aromatic carbocycles. The van der Waals surface area contributed by atoms with Crippen molar-refractivity contribution >= 4 is 29.1 Å². The largest absolute Gasteiger partial charge is 0.391 e. The molecule has 2 aliphatic carbocycles. The maximum atomic E-state index is 12.5. The van der Waals surface area contributed by atoms with Crippen molar-refractivity contribution in [3.05, 3.63) is 34.9 Å². The summed E-state index contributed by atoms with van der Waals surface area (Å²) in [5, 5.41) is 4.97. The molecule has 2 aliphatic heterocycles. The Kier molecular flexibility index (Phi) is 2.56. The fraction of sp³-hybridized carbons (Fsp3) is 0.471. The molecule has 3 fully saturated rings. The fourth-order valence-electron chi connectivity index (χ4n) is 5.13. The van der Waals surface area contributed by atoms with E-state index >= 15 is 0 Å². The molecule has 0 radical (unpaired) electrons. The normalized spacial score (nSPS) is 40.3. The van der Waals surface area contributed by atoms with E-state index in [4.69, 9.17) is 16.4 Å². The minimum absolute atomic E-state index is 0.0340. The van der Waals surface area contributed by atoms with Crippen LogP contribution in [0.5, 0.6) is 0 Å². The average molecular weight is 331 g/mol. The second-order valence-electron chi connectivity index (χ2n) is 6.93. The molecule has 6 atom stereocenters. The number of fused-ring (bicyclic) bond motifs is 8. The van der Waals surface area contributed by atoms with Gasteiger partial charge in [-0.15, -0.1) is 0 Å². The lowest BCUT2D eigenvalue weighted by atomic mass is 9.71. The van der Waals surface area contributed by atoms with Gasteiger partial charge in [-0.1, -0.05) is 28.9 Å². The molecule has 2 amide bonds. The van der Waals surface area contributed by atoms with Gasteiger partial charge in [0.2, 0.25) is 11.8 Å². The average Bonchev–Trinajstić information content (AvgIpc) is 3.26. The first-order valence-corrected chi connectivity index (χ1v) is 8.27. The number of hydrogen-bond acceptors (Lipinski definition) is 4. The predicted octanol–water partition coefficient (Wildman–Crippen LogP) is 1.94. The van der Waals surface area contributed by atoms with E-state index in [2.05, 4.69) is 5.16 Å². The van der Waals surface area contributed by atoms with Crippen molar-refractivity contribution in [2.75, 3.05) is 7.05 Å². The quantitative estimate of drug-likeness (QED) is 0.739. The zero-order chi connectivity index (χ0) is 15.9. The SMILES string of the molecule is CN1C(=O)[C@@H]2[C@H]3C[C@H]([C@@H]4ON=C(c5ccc(Cl)cc5)[C@H]34)[C@@H]2C1=O. The monoisotopic (exact) mass is 330 g/mol. The molecule has 23 heavy (non-hydrogen) atoms. The van der Waals surface area contributed by atoms with Crippen LogP contribution < -0.4 is 0 Å². The summed E-state index contributed by atoms with van der Waals surface area (Å²) in [6, 6.07) is 7.54. The number of oxime groups is 1. The number of carbonyl (C=O) groups excluding carboxylic acids is 2. The van der Waals surface area contributed by atoms with Crippen LogP contribution in [0.15, 0.2) is 29.4 Å². The van der Waals surface area contributed by atoms with Crippen LogP contribution in [0.4, 0.5) is 0 Å². The van der Waals surface area contributed by atoms with Gasteiger partial charge in [0.25, 0.3) is 0 Å². The summed E-state index contributed by atoms with van der Waals surface area (Å²) < 4.78 is 0. The second-order valence-corrected chi connectivity index (χ2v) is 7.37. The summed E-state index contributed by atoms with van der Waals surface area (Å²) >= 11 is 5.96. The first-order chi connectivity index (χ1) is 11.1. The van der Waals surface area contributed by atoms with Gasteiger partial charge in [-0.25, -0.2) is 0 Å². The number of likely N-dealkylation sites (tertiary alicyclic amines) is 1. The van der Waals surface area contributed by atoms with Gasteiger partial charge in [-0.05, 0) is 30.0 Å². The Balaban J connectivity index is 1.53. The van der Waals surface area contributed by atoms with Gasteiger partial charge >= 0.3 is 0 Å². The third-order valence-corrected chi connectivity index (χ3v) is 6.30. The molecule has 0 spiro atoms. The smallest absolute Gasteiger partial charge is 0.233 e. The van der Waals surface area contributed by atoms with Crippen LogP contribution in [-0.2, 0) is 14.4 Å². The number of nitrogens with zero attached hydrogens (tertiary/aromatic N) is 2. The lowest BCUT2D eigenvalue weighted by Crippen LogP contribution is -2.41. The van der Waals surface area contributed by atoms with Crippen molar-refractivity contribution in [1.29, 1.82) is 0 Å². The van der Waals surface area contributed by atoms with E-state index < -0.39 is 0 Å². The number of halogens is 1. The highest BCUT2D eigenvalue weighted by atomic mass is 35.5. The zero-order valence-corrected chi connectivity index (χ0v) is 13.2. The van der Waals surface area contributed by atoms with Crippen molar-refractivity contribution in [2.45, 2.75) is 12.5 Å². The summed E-state index contributed by atoms with van der Waals surface area (Å²) in [5.41, 5.74) is 1.88. The second kappa shape index (κ2) is 4.35. The van der Waals surface area contributed by atoms with Crippen LogP contribution in [0.2, 0.25) is 5.02 Å². The molecule has 4 aliphatic rings. The van der Waals surface area contributed by atoms with Crippen LogP contribution in [0.25, 0.3) is 0 Å². The summed E-state index contributed by atoms with van der Waals surface area (Å²) in [6.45, 7) is 0. The van der Waals surface area contributed by atoms with E-state index in [1.807, 2.05) is 24.3 Å². The number of rotatable bonds is 1. The van der Waals surface area contributed by atoms with E-state index in [1.165, 1.54) is 4.90 Å². The Morgan fingerprint density at radius 2 is 1.74 bits per heavy atom. The predicted molar refractivity (Wildman–Crippen MR) is 82.7 cm³/mol. The standard InChI is InChI=1S/C17H15ClN2O3/c1-20-16(21)11-9-6-10(12(11)17(20)22)15-13(9)14(19-23-15)7-2-4-8(18)5-3-7/h2-5,9-13,15H,6H2,1H3/t9-,10+,11-,12+,13+,15+/m1/s1. The minimum atomic E-state index is -0.210. The van der Waals surface area contributed by atoms with Gasteiger partial charge in [0.05, 0.1) is 17.5 Å². The maximum Gasteiger partial charge on any atom is 0.233 e. The van der Waals surface area contributed by atoms with Gasteiger partial charge in [0.1, 0.15) is 6.10 Å². The van der Waals surface area contributed by atoms with Crippen molar-refractivity contribution in [2.24, 2.45) is 34.7 Å². The van der Waals surface area contributed by atoms with E-state index in [0.717, 1.165) is 17.7 Å². The van der Waals surface area contributed by atoms with E-state index in [1.54, 1.807) is 7.05 Å². The van der Waals surface area contributed by atoms with Gasteiger partial charge in [0, 0.05) is 23.9 Å². The molecule has 118 valence electrons. The number of imide groups is 1. The summed E-state index contributed by atoms with van der Waals surface area (Å²) in [7, 11) is 1.59. The van der Waals surface area contributed by atoms with Gasteiger partial charge in [-0.2, -0.15) is 0 Å². The molecule has 0 unspecified atom stereocenters.